The van der Waals surface area contributed by atoms with Crippen LogP contribution in [0.4, 0.5) is 9.93 Å². The summed E-state index contributed by atoms with van der Waals surface area (Å²) in [5.41, 5.74) is 1.61. The third-order valence-electron chi connectivity index (χ3n) is 10.5. The average molecular weight is 1000 g/mol. The SMILES string of the molecule is C=CC1=C(C(=O)OC(c2ccccc2)c2ccccc2)N2C(=O)C(NC(=O)/C(=N/OCC(=O)OCC(NC(=O)OC(C)(C)C)C(=O)OC(c3ccccc3)c3ccccc3)c3csc(NC=O)n3)[C@H]2SC1. The second kappa shape index (κ2) is 23.5. The van der Waals surface area contributed by atoms with Gasteiger partial charge in [0.15, 0.2) is 29.1 Å². The van der Waals surface area contributed by atoms with Crippen LogP contribution in [-0.4, -0.2) is 99.8 Å². The molecule has 2 aliphatic heterocycles. The van der Waals surface area contributed by atoms with Crippen molar-refractivity contribution in [2.75, 3.05) is 24.3 Å². The lowest BCUT2D eigenvalue weighted by Gasteiger charge is -2.49. The third-order valence-corrected chi connectivity index (χ3v) is 12.5. The molecule has 0 aliphatic carbocycles. The quantitative estimate of drug-likeness (QED) is 0.0192. The highest BCUT2D eigenvalue weighted by Crippen LogP contribution is 2.42. The number of carbonyl (C=O) groups is 7. The smallest absolute Gasteiger partial charge is 0.408 e. The molecular weight excluding hydrogens is 953 g/mol. The number of β-lactam (4-membered cyclic amide) rings is 1. The summed E-state index contributed by atoms with van der Waals surface area (Å²) in [6.07, 6.45) is -0.821. The van der Waals surface area contributed by atoms with Gasteiger partial charge >= 0.3 is 24.0 Å². The summed E-state index contributed by atoms with van der Waals surface area (Å²) >= 11 is 2.23. The topological polar surface area (TPSA) is 230 Å². The van der Waals surface area contributed by atoms with Crippen molar-refractivity contribution in [1.82, 2.24) is 20.5 Å². The number of allylic oxidation sites excluding steroid dienone is 1. The molecule has 2 unspecified atom stereocenters. The maximum absolute atomic E-state index is 14.1. The van der Waals surface area contributed by atoms with Gasteiger partial charge in [0.05, 0.1) is 0 Å². The number of aromatic nitrogens is 1. The van der Waals surface area contributed by atoms with Crippen molar-refractivity contribution in [3.05, 3.63) is 179 Å². The van der Waals surface area contributed by atoms with E-state index in [1.54, 1.807) is 81.4 Å². The van der Waals surface area contributed by atoms with E-state index in [-0.39, 0.29) is 22.3 Å². The summed E-state index contributed by atoms with van der Waals surface area (Å²) in [6.45, 7) is 7.12. The molecule has 7 rings (SSSR count). The molecule has 71 heavy (non-hydrogen) atoms. The van der Waals surface area contributed by atoms with Gasteiger partial charge in [-0.3, -0.25) is 19.3 Å². The number of oxime groups is 1. The van der Waals surface area contributed by atoms with Crippen molar-refractivity contribution in [3.8, 4) is 0 Å². The minimum atomic E-state index is -1.56. The van der Waals surface area contributed by atoms with Crippen LogP contribution in [0, 0.1) is 0 Å². The molecule has 1 saturated heterocycles. The lowest BCUT2D eigenvalue weighted by atomic mass is 10.0. The molecule has 3 atom stereocenters. The van der Waals surface area contributed by atoms with E-state index >= 15 is 0 Å². The molecule has 4 amide bonds. The van der Waals surface area contributed by atoms with Crippen molar-refractivity contribution in [3.63, 3.8) is 0 Å². The highest BCUT2D eigenvalue weighted by atomic mass is 32.2. The van der Waals surface area contributed by atoms with E-state index in [9.17, 15) is 33.6 Å². The minimum Gasteiger partial charge on any atom is -0.460 e. The number of thioether (sulfide) groups is 1. The predicted molar refractivity (Wildman–Crippen MR) is 262 cm³/mol. The van der Waals surface area contributed by atoms with Crippen LogP contribution >= 0.6 is 23.1 Å². The zero-order valence-electron chi connectivity index (χ0n) is 38.6. The monoisotopic (exact) mass is 1000 g/mol. The zero-order valence-corrected chi connectivity index (χ0v) is 40.2. The van der Waals surface area contributed by atoms with Gasteiger partial charge in [0, 0.05) is 11.1 Å². The number of thiazole rings is 1. The van der Waals surface area contributed by atoms with E-state index in [1.165, 1.54) is 28.1 Å². The van der Waals surface area contributed by atoms with Gasteiger partial charge in [-0.15, -0.1) is 23.1 Å². The molecule has 1 fully saturated rings. The van der Waals surface area contributed by atoms with E-state index < -0.39 is 90.0 Å². The fourth-order valence-electron chi connectivity index (χ4n) is 7.22. The predicted octanol–water partition coefficient (Wildman–Crippen LogP) is 6.37. The Labute approximate surface area is 416 Å². The number of esters is 3. The van der Waals surface area contributed by atoms with Crippen LogP contribution in [0.2, 0.25) is 0 Å². The number of hydrogen-bond donors (Lipinski definition) is 3. The number of alkyl carbamates (subject to hydrolysis) is 1. The summed E-state index contributed by atoms with van der Waals surface area (Å²) in [5, 5.41) is 12.0. The van der Waals surface area contributed by atoms with Gasteiger partial charge < -0.3 is 39.7 Å². The fourth-order valence-corrected chi connectivity index (χ4v) is 9.21. The highest BCUT2D eigenvalue weighted by molar-refractivity contribution is 8.00. The molecule has 3 heterocycles. The largest absolute Gasteiger partial charge is 0.460 e. The van der Waals surface area contributed by atoms with Crippen molar-refractivity contribution in [2.45, 2.75) is 56.0 Å². The van der Waals surface area contributed by atoms with Crippen LogP contribution in [-0.2, 0) is 52.6 Å². The molecule has 2 aliphatic rings. The van der Waals surface area contributed by atoms with Crippen molar-refractivity contribution in [2.24, 2.45) is 5.16 Å². The van der Waals surface area contributed by atoms with Gasteiger partial charge in [0.2, 0.25) is 13.0 Å². The lowest BCUT2D eigenvalue weighted by Crippen LogP contribution is -2.71. The van der Waals surface area contributed by atoms with Crippen molar-refractivity contribution in [1.29, 1.82) is 0 Å². The molecular formula is C51H48N6O12S2. The van der Waals surface area contributed by atoms with Crippen molar-refractivity contribution >= 4 is 76.2 Å². The first-order chi connectivity index (χ1) is 34.2. The molecule has 0 bridgehead atoms. The van der Waals surface area contributed by atoms with Gasteiger partial charge in [-0.25, -0.2) is 24.2 Å². The van der Waals surface area contributed by atoms with E-state index in [0.29, 0.717) is 34.2 Å². The Balaban J connectivity index is 1.04. The number of hydrogen-bond acceptors (Lipinski definition) is 16. The number of benzene rings is 4. The summed E-state index contributed by atoms with van der Waals surface area (Å²) in [4.78, 5) is 104. The summed E-state index contributed by atoms with van der Waals surface area (Å²) in [7, 11) is 0. The van der Waals surface area contributed by atoms with E-state index in [1.807, 2.05) is 60.7 Å². The Morgan fingerprint density at radius 3 is 1.92 bits per heavy atom. The molecule has 1 aromatic heterocycles. The summed E-state index contributed by atoms with van der Waals surface area (Å²) in [6, 6.07) is 33.4. The van der Waals surface area contributed by atoms with Crippen LogP contribution < -0.4 is 16.0 Å². The summed E-state index contributed by atoms with van der Waals surface area (Å²) < 4.78 is 22.8. The number of nitrogens with one attached hydrogen (secondary N) is 3. The number of ether oxygens (including phenoxy) is 4. The van der Waals surface area contributed by atoms with Gasteiger partial charge in [0.25, 0.3) is 11.8 Å². The second-order valence-corrected chi connectivity index (χ2v) is 18.5. The van der Waals surface area contributed by atoms with Crippen LogP contribution in [0.3, 0.4) is 0 Å². The lowest BCUT2D eigenvalue weighted by molar-refractivity contribution is -0.157. The average Bonchev–Trinajstić information content (AvgIpc) is 3.84. The number of fused-ring (bicyclic) bond motifs is 1. The van der Waals surface area contributed by atoms with Crippen LogP contribution in [0.15, 0.2) is 156 Å². The van der Waals surface area contributed by atoms with Crippen LogP contribution in [0.1, 0.15) is 60.9 Å². The van der Waals surface area contributed by atoms with Crippen LogP contribution in [0.25, 0.3) is 0 Å². The molecule has 0 radical (unpaired) electrons. The van der Waals surface area contributed by atoms with Gasteiger partial charge in [-0.1, -0.05) is 139 Å². The van der Waals surface area contributed by atoms with Crippen molar-refractivity contribution < 1.29 is 57.3 Å². The Morgan fingerprint density at radius 1 is 0.845 bits per heavy atom. The Hall–Kier alpha value is -8.10. The van der Waals surface area contributed by atoms with Gasteiger partial charge in [0.1, 0.15) is 35.0 Å². The molecule has 0 spiro atoms. The van der Waals surface area contributed by atoms with Gasteiger partial charge in [-0.05, 0) is 48.6 Å². The molecule has 3 N–H and O–H groups in total. The fraction of sp³-hybridized carbons (Fsp3) is 0.235. The third kappa shape index (κ3) is 13.0. The van der Waals surface area contributed by atoms with E-state index in [2.05, 4.69) is 32.7 Å². The minimum absolute atomic E-state index is 0.0140. The number of anilines is 1. The van der Waals surface area contributed by atoms with E-state index in [0.717, 1.165) is 11.3 Å². The second-order valence-electron chi connectivity index (χ2n) is 16.6. The van der Waals surface area contributed by atoms with Crippen LogP contribution in [0.5, 0.6) is 0 Å². The zero-order chi connectivity index (χ0) is 50.5. The standard InChI is InChI=1S/C51H48N6O12S2/c1-5-31-28-70-46-40(45(61)57(46)41(31)48(63)68-43(34-22-14-8-15-23-34)35-24-16-9-17-25-35)55-44(60)39(37-29-71-49(53-37)52-30-58)56-66-27-38(59)65-26-36(54-50(64)69-51(2,3)4)47(62)67-42(32-18-10-6-11-19-32)33-20-12-7-13-21-33/h5-25,29-30,36,40,42-43,46H,1,26-28H2,2-4H3,(H,54,64)(H,55,60)(H,52,53,58)/b56-39+/t36?,40?,46-/m1/s1. The normalized spacial score (nSPS) is 15.9. The Bertz CT molecular complexity index is 2720. The molecule has 5 aromatic rings. The molecule has 0 saturated carbocycles. The summed E-state index contributed by atoms with van der Waals surface area (Å²) in [5.74, 6) is -4.13. The first kappa shape index (κ1) is 50.8. The maximum atomic E-state index is 14.1. The first-order valence-electron chi connectivity index (χ1n) is 22.0. The molecule has 366 valence electrons. The number of carbonyl (C=O) groups excluding carboxylic acids is 7. The Kier molecular flexibility index (Phi) is 16.8. The van der Waals surface area contributed by atoms with Gasteiger partial charge in [-0.2, -0.15) is 0 Å². The molecule has 4 aromatic carbocycles. The first-order valence-corrected chi connectivity index (χ1v) is 23.9. The Morgan fingerprint density at radius 2 is 1.39 bits per heavy atom. The number of nitrogens with zero attached hydrogens (tertiary/aromatic N) is 3. The maximum Gasteiger partial charge on any atom is 0.408 e. The molecule has 20 heteroatoms. The highest BCUT2D eigenvalue weighted by Gasteiger charge is 2.55. The number of amides is 4. The molecule has 18 nitrogen and oxygen atoms in total. The number of rotatable bonds is 20. The van der Waals surface area contributed by atoms with E-state index in [4.69, 9.17) is 23.8 Å².